The van der Waals surface area contributed by atoms with Crippen LogP contribution in [0.15, 0.2) is 29.0 Å². The molecule has 4 nitrogen and oxygen atoms in total. The maximum absolute atomic E-state index is 5.79. The van der Waals surface area contributed by atoms with Crippen molar-refractivity contribution in [3.63, 3.8) is 0 Å². The Balaban J connectivity index is 2.37. The molecule has 0 radical (unpaired) electrons. The molecule has 2 aromatic rings. The summed E-state index contributed by atoms with van der Waals surface area (Å²) in [7, 11) is -0.295. The Morgan fingerprint density at radius 3 is 2.83 bits per heavy atom. The Hall–Kier alpha value is -0.770. The number of pyridine rings is 1. The third-order valence-electron chi connectivity index (χ3n) is 2.18. The summed E-state index contributed by atoms with van der Waals surface area (Å²) < 4.78 is 0.762. The van der Waals surface area contributed by atoms with Crippen molar-refractivity contribution < 1.29 is 0 Å². The molecule has 0 aromatic carbocycles. The highest BCUT2D eigenvalue weighted by Gasteiger charge is 2.10. The van der Waals surface area contributed by atoms with E-state index in [-0.39, 0.29) is 13.2 Å². The molecule has 0 fully saturated rings. The number of aromatic nitrogens is 3. The van der Waals surface area contributed by atoms with Crippen LogP contribution in [0.3, 0.4) is 0 Å². The first-order chi connectivity index (χ1) is 8.58. The van der Waals surface area contributed by atoms with E-state index in [1.165, 1.54) is 0 Å². The maximum Gasteiger partial charge on any atom is 0.224 e. The van der Waals surface area contributed by atoms with E-state index in [0.29, 0.717) is 5.82 Å². The zero-order valence-corrected chi connectivity index (χ0v) is 13.1. The highest BCUT2D eigenvalue weighted by molar-refractivity contribution is 9.10. The Labute approximate surface area is 120 Å². The quantitative estimate of drug-likeness (QED) is 0.684. The number of nitrogens with zero attached hydrogens (tertiary/aromatic N) is 3. The summed E-state index contributed by atoms with van der Waals surface area (Å²) in [6.45, 7) is 4.32. The molecule has 0 aliphatic heterocycles. The third kappa shape index (κ3) is 3.16. The molecule has 18 heavy (non-hydrogen) atoms. The summed E-state index contributed by atoms with van der Waals surface area (Å²) in [5.74, 6) is 0.640. The van der Waals surface area contributed by atoms with E-state index in [1.807, 2.05) is 12.1 Å². The van der Waals surface area contributed by atoms with Gasteiger partial charge in [0.25, 0.3) is 0 Å². The standard InChI is InChI=1S/C11H11BrClN4P/c1-18(2)10-8(4-3-5-14-10)16-9-7(12)6-15-11(13)17-9/h3-6H,1-2H3,(H,15,16,17). The van der Waals surface area contributed by atoms with Crippen LogP contribution < -0.4 is 10.8 Å². The van der Waals surface area contributed by atoms with Crippen molar-refractivity contribution in [3.05, 3.63) is 34.3 Å². The van der Waals surface area contributed by atoms with E-state index in [1.54, 1.807) is 12.4 Å². The Bertz CT molecular complexity index is 564. The zero-order chi connectivity index (χ0) is 13.1. The van der Waals surface area contributed by atoms with Gasteiger partial charge < -0.3 is 5.32 Å². The van der Waals surface area contributed by atoms with Crippen molar-refractivity contribution in [1.82, 2.24) is 15.0 Å². The van der Waals surface area contributed by atoms with Gasteiger partial charge in [-0.25, -0.2) is 4.98 Å². The Morgan fingerprint density at radius 1 is 1.33 bits per heavy atom. The van der Waals surface area contributed by atoms with Crippen LogP contribution >= 0.6 is 35.5 Å². The van der Waals surface area contributed by atoms with Gasteiger partial charge in [-0.15, -0.1) is 0 Å². The topological polar surface area (TPSA) is 50.7 Å². The molecule has 7 heteroatoms. The van der Waals surface area contributed by atoms with Crippen molar-refractivity contribution in [2.75, 3.05) is 18.6 Å². The fourth-order valence-electron chi connectivity index (χ4n) is 1.41. The first-order valence-electron chi connectivity index (χ1n) is 5.15. The summed E-state index contributed by atoms with van der Waals surface area (Å²) in [5.41, 5.74) is 2.00. The lowest BCUT2D eigenvalue weighted by molar-refractivity contribution is 1.15. The fraction of sp³-hybridized carbons (Fsp3) is 0.182. The van der Waals surface area contributed by atoms with E-state index in [0.717, 1.165) is 15.6 Å². The summed E-state index contributed by atoms with van der Waals surface area (Å²) >= 11 is 9.18. The minimum atomic E-state index is -0.295. The largest absolute Gasteiger partial charge is 0.337 e. The smallest absolute Gasteiger partial charge is 0.224 e. The highest BCUT2D eigenvalue weighted by atomic mass is 79.9. The predicted molar refractivity (Wildman–Crippen MR) is 80.7 cm³/mol. The van der Waals surface area contributed by atoms with E-state index in [4.69, 9.17) is 11.6 Å². The van der Waals surface area contributed by atoms with Crippen LogP contribution in [0.5, 0.6) is 0 Å². The normalized spacial score (nSPS) is 10.7. The molecule has 0 atom stereocenters. The summed E-state index contributed by atoms with van der Waals surface area (Å²) in [5, 5.41) is 3.44. The van der Waals surface area contributed by atoms with Gasteiger partial charge in [0.2, 0.25) is 5.28 Å². The third-order valence-corrected chi connectivity index (χ3v) is 4.14. The van der Waals surface area contributed by atoms with Gasteiger partial charge in [-0.05, 0) is 53.0 Å². The van der Waals surface area contributed by atoms with Crippen LogP contribution in [0.1, 0.15) is 0 Å². The second-order valence-corrected chi connectivity index (χ2v) is 7.13. The molecule has 0 spiro atoms. The second-order valence-electron chi connectivity index (χ2n) is 3.73. The van der Waals surface area contributed by atoms with Gasteiger partial charge in [-0.1, -0.05) is 7.92 Å². The molecule has 0 aliphatic carbocycles. The van der Waals surface area contributed by atoms with Crippen LogP contribution in [0.25, 0.3) is 0 Å². The second kappa shape index (κ2) is 5.91. The Kier molecular flexibility index (Phi) is 4.49. The van der Waals surface area contributed by atoms with Crippen molar-refractivity contribution >= 4 is 52.4 Å². The average molecular weight is 346 g/mol. The summed E-state index contributed by atoms with van der Waals surface area (Å²) in [4.78, 5) is 12.4. The van der Waals surface area contributed by atoms with Gasteiger partial charge in [0.15, 0.2) is 0 Å². The zero-order valence-electron chi connectivity index (χ0n) is 9.85. The van der Waals surface area contributed by atoms with Crippen LogP contribution in [-0.4, -0.2) is 28.3 Å². The van der Waals surface area contributed by atoms with E-state index in [2.05, 4.69) is 49.5 Å². The molecule has 94 valence electrons. The van der Waals surface area contributed by atoms with Crippen molar-refractivity contribution in [3.8, 4) is 0 Å². The lowest BCUT2D eigenvalue weighted by Gasteiger charge is -2.13. The number of halogens is 2. The van der Waals surface area contributed by atoms with Gasteiger partial charge in [0.1, 0.15) is 5.82 Å². The molecule has 0 amide bonds. The maximum atomic E-state index is 5.79. The van der Waals surface area contributed by atoms with Crippen LogP contribution in [0.2, 0.25) is 5.28 Å². The van der Waals surface area contributed by atoms with Crippen LogP contribution in [-0.2, 0) is 0 Å². The number of hydrogen-bond acceptors (Lipinski definition) is 4. The number of anilines is 2. The molecular weight excluding hydrogens is 334 g/mol. The summed E-state index contributed by atoms with van der Waals surface area (Å²) in [6, 6.07) is 3.87. The lowest BCUT2D eigenvalue weighted by Crippen LogP contribution is -2.11. The molecular formula is C11H11BrClN4P. The molecule has 0 bridgehead atoms. The van der Waals surface area contributed by atoms with Crippen LogP contribution in [0, 0.1) is 0 Å². The van der Waals surface area contributed by atoms with Gasteiger partial charge in [0.05, 0.1) is 15.6 Å². The highest BCUT2D eigenvalue weighted by Crippen LogP contribution is 2.29. The first-order valence-corrected chi connectivity index (χ1v) is 8.56. The monoisotopic (exact) mass is 344 g/mol. The molecule has 1 N–H and O–H groups in total. The predicted octanol–water partition coefficient (Wildman–Crippen LogP) is 3.40. The minimum absolute atomic E-state index is 0.210. The van der Waals surface area contributed by atoms with Crippen molar-refractivity contribution in [2.24, 2.45) is 0 Å². The minimum Gasteiger partial charge on any atom is -0.337 e. The number of hydrogen-bond donors (Lipinski definition) is 1. The molecule has 2 rings (SSSR count). The first kappa shape index (κ1) is 13.7. The average Bonchev–Trinajstić information content (AvgIpc) is 2.34. The van der Waals surface area contributed by atoms with Gasteiger partial charge in [-0.2, -0.15) is 4.98 Å². The lowest BCUT2D eigenvalue weighted by atomic mass is 10.4. The fourth-order valence-corrected chi connectivity index (χ4v) is 2.75. The molecule has 0 aliphatic rings. The van der Waals surface area contributed by atoms with Crippen molar-refractivity contribution in [2.45, 2.75) is 0 Å². The molecule has 0 unspecified atom stereocenters. The molecule has 0 saturated heterocycles. The van der Waals surface area contributed by atoms with Crippen LogP contribution in [0.4, 0.5) is 11.5 Å². The van der Waals surface area contributed by atoms with Gasteiger partial charge >= 0.3 is 0 Å². The molecule has 0 saturated carbocycles. The summed E-state index contributed by atoms with van der Waals surface area (Å²) in [6.07, 6.45) is 3.42. The van der Waals surface area contributed by atoms with E-state index >= 15 is 0 Å². The number of rotatable bonds is 3. The van der Waals surface area contributed by atoms with Gasteiger partial charge in [0, 0.05) is 12.4 Å². The molecule has 2 aromatic heterocycles. The van der Waals surface area contributed by atoms with Crippen molar-refractivity contribution in [1.29, 1.82) is 0 Å². The van der Waals surface area contributed by atoms with Gasteiger partial charge in [-0.3, -0.25) is 4.98 Å². The Morgan fingerprint density at radius 2 is 2.11 bits per heavy atom. The SMILES string of the molecule is CP(C)c1ncccc1Nc1nc(Cl)ncc1Br. The molecule has 2 heterocycles. The van der Waals surface area contributed by atoms with E-state index < -0.39 is 0 Å². The number of nitrogens with one attached hydrogen (secondary N) is 1. The van der Waals surface area contributed by atoms with E-state index in [9.17, 15) is 0 Å².